The standard InChI is InChI=1S/C30H42N2O5S/c1-22-18-28(37-5)19-23(2)30(22)38(35,36)32(4)21-27(33)16-17-29(34)31(3)20-26-14-12-25(13-15-26)11-10-24-8-6-7-9-24/h12-15,18-19,24H,6-11,16-17,20-21H2,1-5H3. The molecule has 1 amide bonds. The van der Waals surface area contributed by atoms with Gasteiger partial charge < -0.3 is 9.64 Å². The van der Waals surface area contributed by atoms with Crippen LogP contribution in [0.3, 0.4) is 0 Å². The fourth-order valence-corrected chi connectivity index (χ4v) is 6.84. The number of ketones is 1. The number of carbonyl (C=O) groups is 2. The summed E-state index contributed by atoms with van der Waals surface area (Å²) in [7, 11) is 0.780. The van der Waals surface area contributed by atoms with Gasteiger partial charge >= 0.3 is 0 Å². The molecule has 0 aliphatic heterocycles. The van der Waals surface area contributed by atoms with Crippen LogP contribution in [0.25, 0.3) is 0 Å². The lowest BCUT2D eigenvalue weighted by Gasteiger charge is -2.20. The Balaban J connectivity index is 1.47. The van der Waals surface area contributed by atoms with Crippen molar-refractivity contribution in [2.24, 2.45) is 5.92 Å². The molecule has 2 aromatic carbocycles. The van der Waals surface area contributed by atoms with Crippen molar-refractivity contribution in [2.75, 3.05) is 27.7 Å². The number of likely N-dealkylation sites (N-methyl/N-ethyl adjacent to an activating group) is 1. The van der Waals surface area contributed by atoms with Gasteiger partial charge in [-0.05, 0) is 67.0 Å². The van der Waals surface area contributed by atoms with E-state index in [2.05, 4.69) is 24.3 Å². The van der Waals surface area contributed by atoms with E-state index in [1.807, 2.05) is 0 Å². The minimum absolute atomic E-state index is 0.0102. The van der Waals surface area contributed by atoms with Crippen molar-refractivity contribution in [3.05, 3.63) is 58.7 Å². The maximum Gasteiger partial charge on any atom is 0.243 e. The second-order valence-electron chi connectivity index (χ2n) is 10.6. The summed E-state index contributed by atoms with van der Waals surface area (Å²) in [5.41, 5.74) is 3.49. The van der Waals surface area contributed by atoms with E-state index in [4.69, 9.17) is 4.74 Å². The van der Waals surface area contributed by atoms with E-state index in [1.54, 1.807) is 37.9 Å². The molecule has 0 heterocycles. The third-order valence-corrected chi connectivity index (χ3v) is 9.65. The minimum Gasteiger partial charge on any atom is -0.497 e. The summed E-state index contributed by atoms with van der Waals surface area (Å²) in [6, 6.07) is 11.8. The number of amides is 1. The van der Waals surface area contributed by atoms with Gasteiger partial charge in [0.25, 0.3) is 0 Å². The molecule has 1 saturated carbocycles. The zero-order chi connectivity index (χ0) is 27.9. The summed E-state index contributed by atoms with van der Waals surface area (Å²) < 4.78 is 32.6. The molecule has 8 heteroatoms. The maximum absolute atomic E-state index is 13.1. The molecule has 0 unspecified atom stereocenters. The molecule has 3 rings (SSSR count). The summed E-state index contributed by atoms with van der Waals surface area (Å²) in [5, 5.41) is 0. The topological polar surface area (TPSA) is 84.0 Å². The number of carbonyl (C=O) groups excluding carboxylic acids is 2. The number of ether oxygens (including phenoxy) is 1. The van der Waals surface area contributed by atoms with Gasteiger partial charge in [-0.1, -0.05) is 49.9 Å². The number of methoxy groups -OCH3 is 1. The fourth-order valence-electron chi connectivity index (χ4n) is 5.28. The van der Waals surface area contributed by atoms with E-state index < -0.39 is 10.0 Å². The van der Waals surface area contributed by atoms with Crippen LogP contribution in [0.15, 0.2) is 41.3 Å². The summed E-state index contributed by atoms with van der Waals surface area (Å²) in [6.45, 7) is 3.60. The number of Topliss-reactive ketones (excluding diaryl/α,β-unsaturated/α-hetero) is 1. The SMILES string of the molecule is COc1cc(C)c(S(=O)(=O)N(C)CC(=O)CCC(=O)N(C)Cc2ccc(CCC3CCCC3)cc2)c(C)c1. The van der Waals surface area contributed by atoms with Gasteiger partial charge in [0.2, 0.25) is 15.9 Å². The molecule has 0 bridgehead atoms. The van der Waals surface area contributed by atoms with Crippen molar-refractivity contribution in [3.63, 3.8) is 0 Å². The van der Waals surface area contributed by atoms with Crippen molar-refractivity contribution in [3.8, 4) is 5.75 Å². The van der Waals surface area contributed by atoms with Crippen LogP contribution in [0.4, 0.5) is 0 Å². The number of rotatable bonds is 13. The largest absolute Gasteiger partial charge is 0.497 e. The average molecular weight is 543 g/mol. The monoisotopic (exact) mass is 542 g/mol. The predicted octanol–water partition coefficient (Wildman–Crippen LogP) is 5.06. The highest BCUT2D eigenvalue weighted by Crippen LogP contribution is 2.29. The second kappa shape index (κ2) is 13.4. The lowest BCUT2D eigenvalue weighted by Crippen LogP contribution is -2.34. The molecule has 0 saturated heterocycles. The fraction of sp³-hybridized carbons (Fsp3) is 0.533. The molecule has 0 aromatic heterocycles. The highest BCUT2D eigenvalue weighted by atomic mass is 32.2. The molecular weight excluding hydrogens is 500 g/mol. The van der Waals surface area contributed by atoms with Gasteiger partial charge in [0, 0.05) is 33.5 Å². The molecule has 1 aliphatic rings. The molecule has 1 aliphatic carbocycles. The normalized spacial score (nSPS) is 14.2. The first-order valence-corrected chi connectivity index (χ1v) is 14.9. The Morgan fingerprint density at radius 3 is 2.11 bits per heavy atom. The van der Waals surface area contributed by atoms with Crippen LogP contribution < -0.4 is 4.74 Å². The molecule has 0 radical (unpaired) electrons. The Kier molecular flexibility index (Phi) is 10.5. The van der Waals surface area contributed by atoms with Gasteiger partial charge in [-0.2, -0.15) is 4.31 Å². The Labute approximate surface area is 228 Å². The van der Waals surface area contributed by atoms with Crippen molar-refractivity contribution < 1.29 is 22.7 Å². The van der Waals surface area contributed by atoms with Crippen LogP contribution in [-0.4, -0.2) is 57.1 Å². The molecule has 1 fully saturated rings. The van der Waals surface area contributed by atoms with E-state index in [-0.39, 0.29) is 36.0 Å². The quantitative estimate of drug-likeness (QED) is 0.353. The van der Waals surface area contributed by atoms with Crippen molar-refractivity contribution in [1.29, 1.82) is 0 Å². The van der Waals surface area contributed by atoms with E-state index >= 15 is 0 Å². The number of hydrogen-bond acceptors (Lipinski definition) is 5. The highest BCUT2D eigenvalue weighted by Gasteiger charge is 2.27. The number of aryl methyl sites for hydroxylation is 3. The van der Waals surface area contributed by atoms with Crippen LogP contribution in [0.2, 0.25) is 0 Å². The summed E-state index contributed by atoms with van der Waals surface area (Å²) in [6.07, 6.45) is 7.85. The van der Waals surface area contributed by atoms with Crippen LogP contribution in [0, 0.1) is 19.8 Å². The van der Waals surface area contributed by atoms with Gasteiger partial charge in [0.15, 0.2) is 0 Å². The van der Waals surface area contributed by atoms with Crippen LogP contribution in [0.1, 0.15) is 67.2 Å². The van der Waals surface area contributed by atoms with Crippen molar-refractivity contribution >= 4 is 21.7 Å². The Bertz CT molecular complexity index is 1190. The number of sulfonamides is 1. The van der Waals surface area contributed by atoms with E-state index in [9.17, 15) is 18.0 Å². The van der Waals surface area contributed by atoms with Gasteiger partial charge in [0.1, 0.15) is 11.5 Å². The maximum atomic E-state index is 13.1. The third-order valence-electron chi connectivity index (χ3n) is 7.54. The highest BCUT2D eigenvalue weighted by molar-refractivity contribution is 7.89. The molecule has 2 aromatic rings. The van der Waals surface area contributed by atoms with Crippen molar-refractivity contribution in [2.45, 2.75) is 76.7 Å². The van der Waals surface area contributed by atoms with E-state index in [0.29, 0.717) is 23.4 Å². The van der Waals surface area contributed by atoms with Gasteiger partial charge in [-0.15, -0.1) is 0 Å². The predicted molar refractivity (Wildman–Crippen MR) is 150 cm³/mol. The number of benzene rings is 2. The summed E-state index contributed by atoms with van der Waals surface area (Å²) in [4.78, 5) is 27.0. The molecule has 0 N–H and O–H groups in total. The first kappa shape index (κ1) is 29.8. The Hall–Kier alpha value is -2.71. The molecule has 7 nitrogen and oxygen atoms in total. The number of hydrogen-bond donors (Lipinski definition) is 0. The molecule has 208 valence electrons. The van der Waals surface area contributed by atoms with Gasteiger partial charge in [-0.25, -0.2) is 8.42 Å². The Morgan fingerprint density at radius 2 is 1.53 bits per heavy atom. The average Bonchev–Trinajstić information content (AvgIpc) is 3.40. The third kappa shape index (κ3) is 7.90. The molecule has 0 spiro atoms. The van der Waals surface area contributed by atoms with E-state index in [0.717, 1.165) is 22.2 Å². The lowest BCUT2D eigenvalue weighted by atomic mass is 9.98. The molecular formula is C30H42N2O5S. The minimum atomic E-state index is -3.87. The molecule has 38 heavy (non-hydrogen) atoms. The smallest absolute Gasteiger partial charge is 0.243 e. The zero-order valence-electron chi connectivity index (χ0n) is 23.5. The lowest BCUT2D eigenvalue weighted by molar-refractivity contribution is -0.132. The molecule has 0 atom stereocenters. The van der Waals surface area contributed by atoms with Crippen LogP contribution in [-0.2, 0) is 32.6 Å². The van der Waals surface area contributed by atoms with Crippen molar-refractivity contribution in [1.82, 2.24) is 9.21 Å². The Morgan fingerprint density at radius 1 is 0.947 bits per heavy atom. The zero-order valence-corrected chi connectivity index (χ0v) is 24.3. The number of nitrogens with zero attached hydrogens (tertiary/aromatic N) is 2. The van der Waals surface area contributed by atoms with Crippen LogP contribution >= 0.6 is 0 Å². The summed E-state index contributed by atoms with van der Waals surface area (Å²) >= 11 is 0. The van der Waals surface area contributed by atoms with Gasteiger partial charge in [-0.3, -0.25) is 9.59 Å². The second-order valence-corrected chi connectivity index (χ2v) is 12.6. The first-order chi connectivity index (χ1) is 18.0. The van der Waals surface area contributed by atoms with Crippen LogP contribution in [0.5, 0.6) is 5.75 Å². The summed E-state index contributed by atoms with van der Waals surface area (Å²) in [5.74, 6) is 1.01. The van der Waals surface area contributed by atoms with E-state index in [1.165, 1.54) is 51.8 Å². The van der Waals surface area contributed by atoms with Gasteiger partial charge in [0.05, 0.1) is 18.6 Å². The first-order valence-electron chi connectivity index (χ1n) is 13.5.